The molecule has 9 heteroatoms. The van der Waals surface area contributed by atoms with E-state index in [4.69, 9.17) is 49.0 Å². The zero-order chi connectivity index (χ0) is 18.6. The maximum Gasteiger partial charge on any atom is 0.358 e. The van der Waals surface area contributed by atoms with Gasteiger partial charge in [0, 0.05) is 12.3 Å². The van der Waals surface area contributed by atoms with Crippen LogP contribution in [0.3, 0.4) is 0 Å². The summed E-state index contributed by atoms with van der Waals surface area (Å²) in [4.78, 5) is 28.1. The highest BCUT2D eigenvalue weighted by molar-refractivity contribution is 6.48. The lowest BCUT2D eigenvalue weighted by molar-refractivity contribution is 0.0468. The number of ether oxygens (including phenoxy) is 3. The Labute approximate surface area is 158 Å². The third kappa shape index (κ3) is 4.34. The third-order valence-electron chi connectivity index (χ3n) is 3.15. The van der Waals surface area contributed by atoms with E-state index in [1.54, 1.807) is 12.1 Å². The summed E-state index contributed by atoms with van der Waals surface area (Å²) in [5, 5.41) is -0.0654. The molecule has 2 rings (SSSR count). The molecule has 0 aliphatic carbocycles. The zero-order valence-electron chi connectivity index (χ0n) is 13.1. The van der Waals surface area contributed by atoms with Gasteiger partial charge in [0.2, 0.25) is 5.78 Å². The summed E-state index contributed by atoms with van der Waals surface area (Å²) in [6.07, 6.45) is 1.17. The van der Waals surface area contributed by atoms with Crippen LogP contribution in [0, 0.1) is 0 Å². The highest BCUT2D eigenvalue weighted by atomic mass is 35.5. The van der Waals surface area contributed by atoms with Gasteiger partial charge in [0.25, 0.3) is 0 Å². The third-order valence-corrected chi connectivity index (χ3v) is 4.39. The van der Waals surface area contributed by atoms with E-state index in [-0.39, 0.29) is 26.3 Å². The molecule has 1 heterocycles. The fraction of sp³-hybridized carbons (Fsp3) is 0.188. The van der Waals surface area contributed by atoms with E-state index >= 15 is 0 Å². The molecular weight excluding hydrogens is 393 g/mol. The number of nitrogens with zero attached hydrogens (tertiary/aromatic N) is 1. The second-order valence-corrected chi connectivity index (χ2v) is 5.81. The number of ketones is 1. The molecule has 25 heavy (non-hydrogen) atoms. The van der Waals surface area contributed by atoms with Crippen molar-refractivity contribution < 1.29 is 23.8 Å². The number of aromatic nitrogens is 1. The van der Waals surface area contributed by atoms with Crippen LogP contribution in [0.4, 0.5) is 0 Å². The molecule has 0 atom stereocenters. The highest BCUT2D eigenvalue weighted by Gasteiger charge is 2.21. The first kappa shape index (κ1) is 19.3. The molecule has 2 aromatic rings. The molecule has 0 spiro atoms. The Morgan fingerprint density at radius 3 is 2.44 bits per heavy atom. The second kappa shape index (κ2) is 8.38. The largest absolute Gasteiger partial charge is 0.497 e. The normalized spacial score (nSPS) is 10.3. The van der Waals surface area contributed by atoms with E-state index in [1.807, 2.05) is 0 Å². The zero-order valence-corrected chi connectivity index (χ0v) is 15.4. The lowest BCUT2D eigenvalue weighted by Gasteiger charge is -2.10. The van der Waals surface area contributed by atoms with Crippen molar-refractivity contribution in [3.05, 3.63) is 50.7 Å². The van der Waals surface area contributed by atoms with Gasteiger partial charge in [-0.3, -0.25) is 4.79 Å². The summed E-state index contributed by atoms with van der Waals surface area (Å²) in [7, 11) is 2.91. The van der Waals surface area contributed by atoms with Crippen molar-refractivity contribution in [3.8, 4) is 11.5 Å². The molecule has 1 aromatic carbocycles. The molecule has 6 nitrogen and oxygen atoms in total. The molecule has 0 radical (unpaired) electrons. The topological polar surface area (TPSA) is 74.7 Å². The van der Waals surface area contributed by atoms with Gasteiger partial charge >= 0.3 is 5.97 Å². The van der Waals surface area contributed by atoms with Gasteiger partial charge in [-0.2, -0.15) is 0 Å². The Kier molecular flexibility index (Phi) is 6.47. The Hall–Kier alpha value is -2.02. The predicted molar refractivity (Wildman–Crippen MR) is 93.4 cm³/mol. The minimum atomic E-state index is -0.899. The van der Waals surface area contributed by atoms with E-state index in [2.05, 4.69) is 4.98 Å². The molecule has 0 N–H and O–H groups in total. The monoisotopic (exact) mass is 403 g/mol. The summed E-state index contributed by atoms with van der Waals surface area (Å²) < 4.78 is 15.2. The van der Waals surface area contributed by atoms with Crippen LogP contribution in [0.15, 0.2) is 24.4 Å². The Morgan fingerprint density at radius 1 is 1.08 bits per heavy atom. The average Bonchev–Trinajstić information content (AvgIpc) is 2.63. The van der Waals surface area contributed by atoms with Crippen LogP contribution in [-0.2, 0) is 4.74 Å². The maximum absolute atomic E-state index is 12.3. The van der Waals surface area contributed by atoms with Gasteiger partial charge in [-0.05, 0) is 12.1 Å². The standard InChI is InChI=1S/C16H12Cl3NO5/c1-23-8-3-4-9(12(5-8)24-2)11(21)7-25-16(22)15-14(19)13(18)10(17)6-20-15/h3-6H,7H2,1-2H3. The molecule has 0 amide bonds. The minimum absolute atomic E-state index is 0.0200. The van der Waals surface area contributed by atoms with Crippen LogP contribution in [0.1, 0.15) is 20.8 Å². The van der Waals surface area contributed by atoms with E-state index in [1.165, 1.54) is 26.5 Å². The molecule has 0 aliphatic heterocycles. The maximum atomic E-state index is 12.3. The number of hydrogen-bond acceptors (Lipinski definition) is 6. The van der Waals surface area contributed by atoms with Crippen LogP contribution in [0.5, 0.6) is 11.5 Å². The lowest BCUT2D eigenvalue weighted by Crippen LogP contribution is -2.16. The van der Waals surface area contributed by atoms with Gasteiger partial charge in [0.05, 0.1) is 34.9 Å². The van der Waals surface area contributed by atoms with Crippen LogP contribution in [0.2, 0.25) is 15.1 Å². The number of rotatable bonds is 6. The molecule has 0 saturated carbocycles. The Bertz CT molecular complexity index is 826. The van der Waals surface area contributed by atoms with E-state index in [0.29, 0.717) is 11.5 Å². The van der Waals surface area contributed by atoms with Crippen LogP contribution in [0.25, 0.3) is 0 Å². The summed E-state index contributed by atoms with van der Waals surface area (Å²) in [5.74, 6) is -0.545. The number of hydrogen-bond donors (Lipinski definition) is 0. The van der Waals surface area contributed by atoms with E-state index in [0.717, 1.165) is 0 Å². The lowest BCUT2D eigenvalue weighted by atomic mass is 10.1. The SMILES string of the molecule is COc1ccc(C(=O)COC(=O)c2ncc(Cl)c(Cl)c2Cl)c(OC)c1. The van der Waals surface area contributed by atoms with Crippen LogP contribution in [-0.4, -0.2) is 37.6 Å². The molecule has 0 aliphatic rings. The minimum Gasteiger partial charge on any atom is -0.497 e. The van der Waals surface area contributed by atoms with Gasteiger partial charge < -0.3 is 14.2 Å². The molecule has 0 unspecified atom stereocenters. The smallest absolute Gasteiger partial charge is 0.358 e. The van der Waals surface area contributed by atoms with Crippen molar-refractivity contribution in [1.82, 2.24) is 4.98 Å². The number of methoxy groups -OCH3 is 2. The fourth-order valence-corrected chi connectivity index (χ4v) is 2.45. The van der Waals surface area contributed by atoms with E-state index < -0.39 is 18.4 Å². The summed E-state index contributed by atoms with van der Waals surface area (Å²) in [5.41, 5.74) is 0.00913. The van der Waals surface area contributed by atoms with Crippen molar-refractivity contribution in [1.29, 1.82) is 0 Å². The number of carbonyl (C=O) groups excluding carboxylic acids is 2. The molecule has 0 fully saturated rings. The molecule has 1 aromatic heterocycles. The van der Waals surface area contributed by atoms with Crippen LogP contribution >= 0.6 is 34.8 Å². The number of carbonyl (C=O) groups is 2. The molecule has 0 saturated heterocycles. The first-order valence-corrected chi connectivity index (χ1v) is 7.94. The van der Waals surface area contributed by atoms with Gasteiger partial charge in [-0.15, -0.1) is 0 Å². The number of pyridine rings is 1. The van der Waals surface area contributed by atoms with Crippen molar-refractivity contribution in [2.45, 2.75) is 0 Å². The van der Waals surface area contributed by atoms with Crippen LogP contribution < -0.4 is 9.47 Å². The van der Waals surface area contributed by atoms with Gasteiger partial charge in [-0.1, -0.05) is 34.8 Å². The molecular formula is C16H12Cl3NO5. The van der Waals surface area contributed by atoms with Gasteiger partial charge in [-0.25, -0.2) is 9.78 Å². The quantitative estimate of drug-likeness (QED) is 0.533. The number of benzene rings is 1. The Morgan fingerprint density at radius 2 is 1.80 bits per heavy atom. The number of halogens is 3. The van der Waals surface area contributed by atoms with Crippen molar-refractivity contribution >= 4 is 46.6 Å². The summed E-state index contributed by atoms with van der Waals surface area (Å²) in [6, 6.07) is 4.65. The first-order chi connectivity index (χ1) is 11.9. The van der Waals surface area contributed by atoms with Crippen molar-refractivity contribution in [2.75, 3.05) is 20.8 Å². The summed E-state index contributed by atoms with van der Waals surface area (Å²) >= 11 is 17.5. The Balaban J connectivity index is 2.12. The van der Waals surface area contributed by atoms with Crippen molar-refractivity contribution in [2.24, 2.45) is 0 Å². The highest BCUT2D eigenvalue weighted by Crippen LogP contribution is 2.31. The second-order valence-electron chi connectivity index (χ2n) is 4.65. The molecule has 132 valence electrons. The number of Topliss-reactive ketones (excluding diaryl/α,β-unsaturated/α-hetero) is 1. The molecule has 0 bridgehead atoms. The fourth-order valence-electron chi connectivity index (χ4n) is 1.89. The summed E-state index contributed by atoms with van der Waals surface area (Å²) in [6.45, 7) is -0.528. The predicted octanol–water partition coefficient (Wildman–Crippen LogP) is 4.10. The van der Waals surface area contributed by atoms with Crippen molar-refractivity contribution in [3.63, 3.8) is 0 Å². The van der Waals surface area contributed by atoms with Gasteiger partial charge in [0.1, 0.15) is 11.5 Å². The number of esters is 1. The van der Waals surface area contributed by atoms with E-state index in [9.17, 15) is 9.59 Å². The first-order valence-electron chi connectivity index (χ1n) is 6.80. The average molecular weight is 405 g/mol. The van der Waals surface area contributed by atoms with Gasteiger partial charge in [0.15, 0.2) is 12.3 Å².